The molecule has 20 heavy (non-hydrogen) atoms. The molecule has 0 radical (unpaired) electrons. The van der Waals surface area contributed by atoms with Gasteiger partial charge in [-0.25, -0.2) is 13.4 Å². The predicted molar refractivity (Wildman–Crippen MR) is 71.7 cm³/mol. The van der Waals surface area contributed by atoms with E-state index >= 15 is 0 Å². The van der Waals surface area contributed by atoms with E-state index in [1.54, 1.807) is 0 Å². The smallest absolute Gasteiger partial charge is 0.308 e. The Labute approximate surface area is 117 Å². The molecule has 8 nitrogen and oxygen atoms in total. The molecule has 0 unspecified atom stereocenters. The quantitative estimate of drug-likeness (QED) is 0.636. The zero-order valence-corrected chi connectivity index (χ0v) is 11.8. The van der Waals surface area contributed by atoms with Crippen LogP contribution in [0.5, 0.6) is 0 Å². The van der Waals surface area contributed by atoms with E-state index in [9.17, 15) is 18.5 Å². The van der Waals surface area contributed by atoms with Crippen molar-refractivity contribution in [3.05, 3.63) is 28.4 Å². The summed E-state index contributed by atoms with van der Waals surface area (Å²) in [5, 5.41) is 13.5. The van der Waals surface area contributed by atoms with Crippen molar-refractivity contribution in [1.82, 2.24) is 14.6 Å². The van der Waals surface area contributed by atoms with Crippen molar-refractivity contribution in [1.29, 1.82) is 0 Å². The van der Waals surface area contributed by atoms with Crippen LogP contribution in [0.4, 0.5) is 5.69 Å². The van der Waals surface area contributed by atoms with Crippen molar-refractivity contribution < 1.29 is 13.3 Å². The highest BCUT2D eigenvalue weighted by Crippen LogP contribution is 2.26. The van der Waals surface area contributed by atoms with Crippen LogP contribution in [0.3, 0.4) is 0 Å². The number of nitro groups is 1. The molecule has 0 amide bonds. The minimum Gasteiger partial charge on any atom is -0.317 e. The van der Waals surface area contributed by atoms with Gasteiger partial charge in [0.15, 0.2) is 0 Å². The van der Waals surface area contributed by atoms with E-state index in [1.807, 2.05) is 7.05 Å². The number of pyridine rings is 1. The summed E-state index contributed by atoms with van der Waals surface area (Å²) >= 11 is 0. The normalized spacial score (nSPS) is 18.1. The van der Waals surface area contributed by atoms with Crippen molar-refractivity contribution in [2.75, 3.05) is 20.1 Å². The maximum absolute atomic E-state index is 12.4. The van der Waals surface area contributed by atoms with E-state index < -0.39 is 25.7 Å². The minimum atomic E-state index is -3.92. The fraction of sp³-hybridized carbons (Fsp3) is 0.545. The summed E-state index contributed by atoms with van der Waals surface area (Å²) in [7, 11) is -2.08. The molecule has 1 aliphatic heterocycles. The van der Waals surface area contributed by atoms with Crippen LogP contribution in [0.1, 0.15) is 12.8 Å². The Balaban J connectivity index is 2.30. The Morgan fingerprint density at radius 3 is 2.65 bits per heavy atom. The van der Waals surface area contributed by atoms with E-state index in [0.717, 1.165) is 6.07 Å². The fourth-order valence-corrected chi connectivity index (χ4v) is 3.76. The number of nitrogens with one attached hydrogen (secondary N) is 1. The van der Waals surface area contributed by atoms with Crippen LogP contribution in [0.25, 0.3) is 0 Å². The average molecular weight is 300 g/mol. The molecule has 0 spiro atoms. The lowest BCUT2D eigenvalue weighted by atomic mass is 10.1. The van der Waals surface area contributed by atoms with Gasteiger partial charge in [0.1, 0.15) is 0 Å². The van der Waals surface area contributed by atoms with Gasteiger partial charge in [0.2, 0.25) is 5.03 Å². The molecule has 1 aromatic heterocycles. The van der Waals surface area contributed by atoms with E-state index in [4.69, 9.17) is 0 Å². The van der Waals surface area contributed by atoms with Gasteiger partial charge in [0.25, 0.3) is 10.0 Å². The molecule has 0 bridgehead atoms. The molecule has 2 heterocycles. The molecular weight excluding hydrogens is 284 g/mol. The van der Waals surface area contributed by atoms with Crippen LogP contribution < -0.4 is 5.32 Å². The Kier molecular flexibility index (Phi) is 4.31. The predicted octanol–water partition coefficient (Wildman–Crippen LogP) is 0.362. The highest BCUT2D eigenvalue weighted by Gasteiger charge is 2.35. The van der Waals surface area contributed by atoms with Gasteiger partial charge in [-0.1, -0.05) is 0 Å². The van der Waals surface area contributed by atoms with Crippen LogP contribution in [0.15, 0.2) is 23.4 Å². The molecule has 1 N–H and O–H groups in total. The third kappa shape index (κ3) is 2.79. The van der Waals surface area contributed by atoms with Gasteiger partial charge in [-0.15, -0.1) is 0 Å². The summed E-state index contributed by atoms with van der Waals surface area (Å²) < 4.78 is 26.2. The van der Waals surface area contributed by atoms with Crippen LogP contribution in [0, 0.1) is 10.1 Å². The molecule has 1 fully saturated rings. The summed E-state index contributed by atoms with van der Waals surface area (Å²) in [5.41, 5.74) is -0.483. The van der Waals surface area contributed by atoms with Crippen molar-refractivity contribution in [2.45, 2.75) is 23.9 Å². The largest absolute Gasteiger partial charge is 0.317 e. The molecule has 0 aromatic carbocycles. The van der Waals surface area contributed by atoms with E-state index in [0.29, 0.717) is 25.9 Å². The average Bonchev–Trinajstić information content (AvgIpc) is 2.47. The maximum atomic E-state index is 12.4. The number of sulfonamides is 1. The molecule has 1 saturated heterocycles. The Morgan fingerprint density at radius 2 is 2.10 bits per heavy atom. The van der Waals surface area contributed by atoms with Gasteiger partial charge in [-0.3, -0.25) is 10.1 Å². The molecule has 0 aliphatic carbocycles. The number of piperidine rings is 1. The van der Waals surface area contributed by atoms with Gasteiger partial charge < -0.3 is 5.32 Å². The molecule has 0 saturated carbocycles. The fourth-order valence-electron chi connectivity index (χ4n) is 2.23. The van der Waals surface area contributed by atoms with E-state index in [-0.39, 0.29) is 6.04 Å². The first-order valence-corrected chi connectivity index (χ1v) is 7.67. The van der Waals surface area contributed by atoms with Gasteiger partial charge in [-0.2, -0.15) is 4.31 Å². The zero-order valence-electron chi connectivity index (χ0n) is 11.0. The first-order valence-electron chi connectivity index (χ1n) is 6.23. The SMILES string of the molecule is CNC1CCN(S(=O)(=O)c2ncccc2[N+](=O)[O-])CC1. The summed E-state index contributed by atoms with van der Waals surface area (Å²) in [5.74, 6) is 0. The Hall–Kier alpha value is -1.58. The maximum Gasteiger partial charge on any atom is 0.308 e. The third-order valence-electron chi connectivity index (χ3n) is 3.39. The highest BCUT2D eigenvalue weighted by molar-refractivity contribution is 7.89. The lowest BCUT2D eigenvalue weighted by Crippen LogP contribution is -2.44. The summed E-state index contributed by atoms with van der Waals surface area (Å²) in [6.45, 7) is 0.670. The lowest BCUT2D eigenvalue weighted by Gasteiger charge is -2.30. The van der Waals surface area contributed by atoms with Crippen molar-refractivity contribution in [2.24, 2.45) is 0 Å². The van der Waals surface area contributed by atoms with Gasteiger partial charge in [0.05, 0.1) is 4.92 Å². The Morgan fingerprint density at radius 1 is 1.45 bits per heavy atom. The van der Waals surface area contributed by atoms with Gasteiger partial charge >= 0.3 is 5.69 Å². The van der Waals surface area contributed by atoms with Crippen LogP contribution in [-0.4, -0.2) is 48.8 Å². The number of hydrogen-bond donors (Lipinski definition) is 1. The highest BCUT2D eigenvalue weighted by atomic mass is 32.2. The second-order valence-corrected chi connectivity index (χ2v) is 6.41. The third-order valence-corrected chi connectivity index (χ3v) is 5.24. The summed E-state index contributed by atoms with van der Waals surface area (Å²) in [6, 6.07) is 2.78. The van der Waals surface area contributed by atoms with Crippen molar-refractivity contribution >= 4 is 15.7 Å². The Bertz CT molecular complexity index is 596. The topological polar surface area (TPSA) is 105 Å². The molecule has 110 valence electrons. The number of nitrogens with zero attached hydrogens (tertiary/aromatic N) is 3. The molecule has 1 aliphatic rings. The second kappa shape index (κ2) is 5.81. The van der Waals surface area contributed by atoms with Crippen LogP contribution in [0.2, 0.25) is 0 Å². The second-order valence-electron chi connectivity index (χ2n) is 4.55. The summed E-state index contributed by atoms with van der Waals surface area (Å²) in [4.78, 5) is 13.9. The summed E-state index contributed by atoms with van der Waals surface area (Å²) in [6.07, 6.45) is 2.60. The number of aromatic nitrogens is 1. The van der Waals surface area contributed by atoms with Gasteiger partial charge in [0, 0.05) is 31.4 Å². The zero-order chi connectivity index (χ0) is 14.8. The molecular formula is C11H16N4O4S. The van der Waals surface area contributed by atoms with Crippen molar-refractivity contribution in [3.63, 3.8) is 0 Å². The van der Waals surface area contributed by atoms with Crippen LogP contribution in [-0.2, 0) is 10.0 Å². The van der Waals surface area contributed by atoms with E-state index in [2.05, 4.69) is 10.3 Å². The molecule has 0 atom stereocenters. The lowest BCUT2D eigenvalue weighted by molar-refractivity contribution is -0.388. The van der Waals surface area contributed by atoms with Crippen molar-refractivity contribution in [3.8, 4) is 0 Å². The van der Waals surface area contributed by atoms with Gasteiger partial charge in [-0.05, 0) is 26.0 Å². The number of rotatable bonds is 4. The number of hydrogen-bond acceptors (Lipinski definition) is 6. The first-order chi connectivity index (χ1) is 9.46. The standard InChI is InChI=1S/C11H16N4O4S/c1-12-9-4-7-14(8-5-9)20(18,19)11-10(15(16)17)3-2-6-13-11/h2-3,6,9,12H,4-5,7-8H2,1H3. The minimum absolute atomic E-state index is 0.278. The van der Waals surface area contributed by atoms with E-state index in [1.165, 1.54) is 16.6 Å². The monoisotopic (exact) mass is 300 g/mol. The molecule has 9 heteroatoms. The molecule has 1 aromatic rings. The van der Waals surface area contributed by atoms with Crippen LogP contribution >= 0.6 is 0 Å². The molecule has 2 rings (SSSR count). The first kappa shape index (κ1) is 14.8.